The number of anilines is 1. The Labute approximate surface area is 108 Å². The molecule has 0 spiro atoms. The standard InChI is InChI=1S/C11H14F3N3O2/c1-10(2,3)19-9(18)17-16-8-5-4-7(6-15-8)11(12,13)14/h4-6H,1-3H3,(H,15,16)(H,17,18). The van der Waals surface area contributed by atoms with Crippen LogP contribution in [0.25, 0.3) is 0 Å². The lowest BCUT2D eigenvalue weighted by Crippen LogP contribution is -2.36. The van der Waals surface area contributed by atoms with Gasteiger partial charge in [-0.2, -0.15) is 13.2 Å². The van der Waals surface area contributed by atoms with Gasteiger partial charge in [0.25, 0.3) is 0 Å². The molecule has 0 aromatic carbocycles. The minimum absolute atomic E-state index is 0.0684. The molecule has 0 fully saturated rings. The Hall–Kier alpha value is -1.99. The maximum atomic E-state index is 12.3. The van der Waals surface area contributed by atoms with E-state index in [1.54, 1.807) is 20.8 Å². The van der Waals surface area contributed by atoms with Crippen molar-refractivity contribution < 1.29 is 22.7 Å². The summed E-state index contributed by atoms with van der Waals surface area (Å²) in [6, 6.07) is 1.95. The number of carbonyl (C=O) groups excluding carboxylic acids is 1. The monoisotopic (exact) mass is 277 g/mol. The van der Waals surface area contributed by atoms with Crippen LogP contribution in [-0.2, 0) is 10.9 Å². The van der Waals surface area contributed by atoms with E-state index in [0.29, 0.717) is 6.20 Å². The number of aromatic nitrogens is 1. The minimum atomic E-state index is -4.44. The first-order valence-electron chi connectivity index (χ1n) is 5.36. The molecule has 0 aliphatic carbocycles. The van der Waals surface area contributed by atoms with Crippen LogP contribution in [0.3, 0.4) is 0 Å². The highest BCUT2D eigenvalue weighted by molar-refractivity contribution is 5.69. The first kappa shape index (κ1) is 15.1. The zero-order valence-electron chi connectivity index (χ0n) is 10.6. The lowest BCUT2D eigenvalue weighted by molar-refractivity contribution is -0.137. The summed E-state index contributed by atoms with van der Waals surface area (Å²) in [6.07, 6.45) is -4.53. The largest absolute Gasteiger partial charge is 0.443 e. The van der Waals surface area contributed by atoms with Gasteiger partial charge in [0.05, 0.1) is 5.56 Å². The number of nitrogens with zero attached hydrogens (tertiary/aromatic N) is 1. The molecule has 0 saturated heterocycles. The van der Waals surface area contributed by atoms with Crippen molar-refractivity contribution in [2.24, 2.45) is 0 Å². The summed E-state index contributed by atoms with van der Waals surface area (Å²) in [4.78, 5) is 14.8. The topological polar surface area (TPSA) is 63.2 Å². The molecule has 1 rings (SSSR count). The molecule has 0 aliphatic heterocycles. The van der Waals surface area contributed by atoms with Crippen LogP contribution >= 0.6 is 0 Å². The molecule has 0 saturated carbocycles. The van der Waals surface area contributed by atoms with Gasteiger partial charge in [0, 0.05) is 6.20 Å². The van der Waals surface area contributed by atoms with Gasteiger partial charge in [-0.25, -0.2) is 15.2 Å². The molecule has 0 bridgehead atoms. The molecular formula is C11H14F3N3O2. The van der Waals surface area contributed by atoms with E-state index in [1.807, 2.05) is 0 Å². The zero-order valence-corrected chi connectivity index (χ0v) is 10.6. The van der Waals surface area contributed by atoms with Gasteiger partial charge in [0.1, 0.15) is 11.4 Å². The molecule has 1 heterocycles. The number of hydrogen-bond acceptors (Lipinski definition) is 4. The van der Waals surface area contributed by atoms with Gasteiger partial charge in [0.15, 0.2) is 0 Å². The lowest BCUT2D eigenvalue weighted by atomic mass is 10.2. The fourth-order valence-electron chi connectivity index (χ4n) is 1.05. The Bertz CT molecular complexity index is 438. The molecule has 106 valence electrons. The molecular weight excluding hydrogens is 263 g/mol. The molecule has 5 nitrogen and oxygen atoms in total. The number of ether oxygens (including phenoxy) is 1. The number of halogens is 3. The molecule has 0 atom stereocenters. The molecule has 8 heteroatoms. The van der Waals surface area contributed by atoms with Crippen LogP contribution < -0.4 is 10.9 Å². The fraction of sp³-hybridized carbons (Fsp3) is 0.455. The van der Waals surface area contributed by atoms with Gasteiger partial charge in [0.2, 0.25) is 0 Å². The Kier molecular flexibility index (Phi) is 4.23. The average Bonchev–Trinajstić information content (AvgIpc) is 2.23. The molecule has 1 amide bonds. The number of carbonyl (C=O) groups is 1. The van der Waals surface area contributed by atoms with Crippen molar-refractivity contribution in [1.29, 1.82) is 0 Å². The van der Waals surface area contributed by atoms with Crippen LogP contribution in [0, 0.1) is 0 Å². The third-order valence-electron chi connectivity index (χ3n) is 1.78. The zero-order chi connectivity index (χ0) is 14.7. The summed E-state index contributed by atoms with van der Waals surface area (Å²) in [7, 11) is 0. The van der Waals surface area contributed by atoms with Crippen molar-refractivity contribution in [3.05, 3.63) is 23.9 Å². The number of rotatable bonds is 2. The van der Waals surface area contributed by atoms with Gasteiger partial charge in [-0.05, 0) is 32.9 Å². The molecule has 0 unspecified atom stereocenters. The van der Waals surface area contributed by atoms with Crippen LogP contribution in [0.15, 0.2) is 18.3 Å². The first-order valence-corrected chi connectivity index (χ1v) is 5.36. The number of alkyl halides is 3. The molecule has 0 aliphatic rings. The third kappa shape index (κ3) is 5.45. The molecule has 19 heavy (non-hydrogen) atoms. The second kappa shape index (κ2) is 5.33. The maximum absolute atomic E-state index is 12.3. The second-order valence-electron chi connectivity index (χ2n) is 4.68. The van der Waals surface area contributed by atoms with Crippen molar-refractivity contribution in [2.75, 3.05) is 5.43 Å². The normalized spacial score (nSPS) is 11.9. The fourth-order valence-corrected chi connectivity index (χ4v) is 1.05. The van der Waals surface area contributed by atoms with Crippen LogP contribution in [0.1, 0.15) is 26.3 Å². The van der Waals surface area contributed by atoms with Crippen molar-refractivity contribution in [1.82, 2.24) is 10.4 Å². The predicted molar refractivity (Wildman–Crippen MR) is 62.2 cm³/mol. The lowest BCUT2D eigenvalue weighted by Gasteiger charge is -2.19. The van der Waals surface area contributed by atoms with Crippen LogP contribution in [0.2, 0.25) is 0 Å². The van der Waals surface area contributed by atoms with Crippen molar-refractivity contribution in [3.8, 4) is 0 Å². The molecule has 1 aromatic rings. The highest BCUT2D eigenvalue weighted by Crippen LogP contribution is 2.28. The smallest absolute Gasteiger partial charge is 0.426 e. The van der Waals surface area contributed by atoms with E-state index in [-0.39, 0.29) is 5.82 Å². The van der Waals surface area contributed by atoms with Crippen LogP contribution in [-0.4, -0.2) is 16.7 Å². The van der Waals surface area contributed by atoms with Crippen LogP contribution in [0.4, 0.5) is 23.8 Å². The summed E-state index contributed by atoms with van der Waals surface area (Å²) in [5, 5.41) is 0. The highest BCUT2D eigenvalue weighted by atomic mass is 19.4. The number of pyridine rings is 1. The third-order valence-corrected chi connectivity index (χ3v) is 1.78. The molecule has 1 aromatic heterocycles. The quantitative estimate of drug-likeness (QED) is 0.816. The number of amides is 1. The van der Waals surface area contributed by atoms with Crippen molar-refractivity contribution >= 4 is 11.9 Å². The first-order chi connectivity index (χ1) is 8.58. The van der Waals surface area contributed by atoms with Crippen molar-refractivity contribution in [3.63, 3.8) is 0 Å². The number of hydrazine groups is 1. The molecule has 0 radical (unpaired) electrons. The van der Waals surface area contributed by atoms with Gasteiger partial charge >= 0.3 is 12.3 Å². The Morgan fingerprint density at radius 2 is 1.89 bits per heavy atom. The molecule has 2 N–H and O–H groups in total. The summed E-state index contributed by atoms with van der Waals surface area (Å²) in [5.74, 6) is 0.0684. The SMILES string of the molecule is CC(C)(C)OC(=O)NNc1ccc(C(F)(F)F)cn1. The van der Waals surface area contributed by atoms with Gasteiger partial charge in [-0.3, -0.25) is 5.43 Å². The van der Waals surface area contributed by atoms with Gasteiger partial charge < -0.3 is 4.74 Å². The van der Waals surface area contributed by atoms with E-state index in [4.69, 9.17) is 4.74 Å². The van der Waals surface area contributed by atoms with Crippen LogP contribution in [0.5, 0.6) is 0 Å². The highest BCUT2D eigenvalue weighted by Gasteiger charge is 2.30. The van der Waals surface area contributed by atoms with Gasteiger partial charge in [-0.1, -0.05) is 0 Å². The second-order valence-corrected chi connectivity index (χ2v) is 4.68. The number of nitrogens with one attached hydrogen (secondary N) is 2. The Balaban J connectivity index is 2.53. The maximum Gasteiger partial charge on any atom is 0.426 e. The van der Waals surface area contributed by atoms with E-state index < -0.39 is 23.4 Å². The average molecular weight is 277 g/mol. The summed E-state index contributed by atoms with van der Waals surface area (Å²) < 4.78 is 41.7. The predicted octanol–water partition coefficient (Wildman–Crippen LogP) is 2.95. The number of hydrogen-bond donors (Lipinski definition) is 2. The van der Waals surface area contributed by atoms with E-state index in [0.717, 1.165) is 12.1 Å². The van der Waals surface area contributed by atoms with E-state index >= 15 is 0 Å². The summed E-state index contributed by atoms with van der Waals surface area (Å²) in [6.45, 7) is 5.05. The van der Waals surface area contributed by atoms with E-state index in [2.05, 4.69) is 15.8 Å². The summed E-state index contributed by atoms with van der Waals surface area (Å²) in [5.41, 5.74) is 2.97. The minimum Gasteiger partial charge on any atom is -0.443 e. The van der Waals surface area contributed by atoms with E-state index in [1.165, 1.54) is 0 Å². The Morgan fingerprint density at radius 3 is 2.32 bits per heavy atom. The van der Waals surface area contributed by atoms with E-state index in [9.17, 15) is 18.0 Å². The van der Waals surface area contributed by atoms with Crippen molar-refractivity contribution in [2.45, 2.75) is 32.5 Å². The summed E-state index contributed by atoms with van der Waals surface area (Å²) >= 11 is 0. The van der Waals surface area contributed by atoms with Gasteiger partial charge in [-0.15, -0.1) is 0 Å². The Morgan fingerprint density at radius 1 is 1.26 bits per heavy atom.